The smallest absolute Gasteiger partial charge is 0.416 e. The second-order valence-electron chi connectivity index (χ2n) is 9.33. The molecule has 0 radical (unpaired) electrons. The molecule has 11 heteroatoms. The molecule has 1 aliphatic heterocycles. The Bertz CT molecular complexity index is 1170. The van der Waals surface area contributed by atoms with Gasteiger partial charge in [-0.1, -0.05) is 24.8 Å². The Hall–Kier alpha value is -3.50. The number of carbonyl (C=O) groups is 2. The number of halogens is 6. The summed E-state index contributed by atoms with van der Waals surface area (Å²) in [7, 11) is 0. The number of hydrogen-bond donors (Lipinski definition) is 0. The summed E-state index contributed by atoms with van der Waals surface area (Å²) in [6.45, 7) is 8.07. The summed E-state index contributed by atoms with van der Waals surface area (Å²) in [6.07, 6.45) is -8.74. The Kier molecular flexibility index (Phi) is 8.48. The van der Waals surface area contributed by atoms with Crippen LogP contribution in [-0.2, 0) is 28.4 Å². The summed E-state index contributed by atoms with van der Waals surface area (Å²) in [4.78, 5) is 28.3. The number of carbonyl (C=O) groups excluding carboxylic acids is 2. The molecule has 2 aromatic rings. The van der Waals surface area contributed by atoms with E-state index >= 15 is 0 Å². The zero-order chi connectivity index (χ0) is 28.4. The molecule has 5 nitrogen and oxygen atoms in total. The quantitative estimate of drug-likeness (QED) is 0.366. The fourth-order valence-electron chi connectivity index (χ4n) is 4.45. The molecular formula is C27H28F6N2O3. The number of rotatable bonds is 5. The fraction of sp³-hybridized carbons (Fsp3) is 0.407. The molecule has 1 unspecified atom stereocenters. The van der Waals surface area contributed by atoms with Crippen LogP contribution in [0.15, 0.2) is 43.0 Å². The Morgan fingerprint density at radius 3 is 2.18 bits per heavy atom. The average molecular weight is 543 g/mol. The first kappa shape index (κ1) is 29.1. The molecule has 3 rings (SSSR count). The van der Waals surface area contributed by atoms with Gasteiger partial charge in [0, 0.05) is 20.0 Å². The van der Waals surface area contributed by atoms with Gasteiger partial charge in [-0.25, -0.2) is 4.79 Å². The molecule has 0 aliphatic carbocycles. The largest absolute Gasteiger partial charge is 0.446 e. The number of fused-ring (bicyclic) bond motifs is 1. The Morgan fingerprint density at radius 2 is 1.68 bits per heavy atom. The summed E-state index contributed by atoms with van der Waals surface area (Å²) in [5, 5.41) is 0. The van der Waals surface area contributed by atoms with Crippen molar-refractivity contribution in [1.82, 2.24) is 4.90 Å². The van der Waals surface area contributed by atoms with Gasteiger partial charge in [-0.3, -0.25) is 9.69 Å². The summed E-state index contributed by atoms with van der Waals surface area (Å²) in [5.74, 6) is -0.544. The Labute approximate surface area is 216 Å². The van der Waals surface area contributed by atoms with Gasteiger partial charge in [-0.15, -0.1) is 0 Å². The van der Waals surface area contributed by atoms with Gasteiger partial charge in [-0.05, 0) is 67.6 Å². The first-order chi connectivity index (χ1) is 17.6. The van der Waals surface area contributed by atoms with Crippen LogP contribution < -0.4 is 4.90 Å². The summed E-state index contributed by atoms with van der Waals surface area (Å²) < 4.78 is 85.8. The monoisotopic (exact) mass is 542 g/mol. The normalized spacial score (nSPS) is 16.1. The third kappa shape index (κ3) is 6.68. The van der Waals surface area contributed by atoms with Crippen molar-refractivity contribution in [3.05, 3.63) is 70.8 Å². The van der Waals surface area contributed by atoms with E-state index in [2.05, 4.69) is 6.58 Å². The zero-order valence-electron chi connectivity index (χ0n) is 21.1. The fourth-order valence-corrected chi connectivity index (χ4v) is 4.45. The van der Waals surface area contributed by atoms with Crippen LogP contribution >= 0.6 is 0 Å². The minimum Gasteiger partial charge on any atom is -0.446 e. The maximum atomic E-state index is 13.4. The van der Waals surface area contributed by atoms with Crippen LogP contribution in [0.5, 0.6) is 0 Å². The first-order valence-corrected chi connectivity index (χ1v) is 11.9. The van der Waals surface area contributed by atoms with E-state index in [9.17, 15) is 35.9 Å². The molecule has 0 aromatic heterocycles. The number of benzene rings is 2. The van der Waals surface area contributed by atoms with E-state index in [1.807, 2.05) is 0 Å². The minimum atomic E-state index is -5.01. The van der Waals surface area contributed by atoms with E-state index in [1.165, 1.54) is 16.7 Å². The molecule has 0 saturated carbocycles. The highest BCUT2D eigenvalue weighted by atomic mass is 19.4. The Morgan fingerprint density at radius 1 is 1.08 bits per heavy atom. The minimum absolute atomic E-state index is 0.0532. The van der Waals surface area contributed by atoms with Crippen molar-refractivity contribution in [1.29, 1.82) is 0 Å². The molecule has 2 amide bonds. The van der Waals surface area contributed by atoms with Crippen molar-refractivity contribution in [2.75, 3.05) is 11.4 Å². The lowest BCUT2D eigenvalue weighted by atomic mass is 9.96. The number of nitrogens with zero attached hydrogens (tertiary/aromatic N) is 2. The molecule has 38 heavy (non-hydrogen) atoms. The second kappa shape index (κ2) is 11.1. The van der Waals surface area contributed by atoms with Gasteiger partial charge in [-0.2, -0.15) is 26.3 Å². The number of hydrogen-bond acceptors (Lipinski definition) is 3. The van der Waals surface area contributed by atoms with Crippen molar-refractivity contribution in [3.8, 4) is 0 Å². The Balaban J connectivity index is 2.10. The van der Waals surface area contributed by atoms with Gasteiger partial charge in [0.2, 0.25) is 5.91 Å². The lowest BCUT2D eigenvalue weighted by Crippen LogP contribution is -2.34. The van der Waals surface area contributed by atoms with E-state index in [-0.39, 0.29) is 18.2 Å². The molecule has 0 saturated heterocycles. The molecule has 1 heterocycles. The number of anilines is 1. The molecular weight excluding hydrogens is 514 g/mol. The van der Waals surface area contributed by atoms with Crippen molar-refractivity contribution in [2.45, 2.75) is 64.7 Å². The van der Waals surface area contributed by atoms with Crippen LogP contribution in [0.1, 0.15) is 67.5 Å². The van der Waals surface area contributed by atoms with Crippen LogP contribution in [0.2, 0.25) is 0 Å². The predicted molar refractivity (Wildman–Crippen MR) is 130 cm³/mol. The van der Waals surface area contributed by atoms with E-state index in [0.29, 0.717) is 41.8 Å². The maximum Gasteiger partial charge on any atom is 0.416 e. The second-order valence-corrected chi connectivity index (χ2v) is 9.33. The van der Waals surface area contributed by atoms with Crippen molar-refractivity contribution < 1.29 is 40.7 Å². The van der Waals surface area contributed by atoms with E-state index in [4.69, 9.17) is 4.74 Å². The van der Waals surface area contributed by atoms with Gasteiger partial charge >= 0.3 is 18.4 Å². The van der Waals surface area contributed by atoms with Crippen molar-refractivity contribution in [3.63, 3.8) is 0 Å². The van der Waals surface area contributed by atoms with Crippen LogP contribution in [0.4, 0.5) is 36.8 Å². The van der Waals surface area contributed by atoms with Crippen LogP contribution in [0.25, 0.3) is 6.08 Å². The summed E-state index contributed by atoms with van der Waals surface area (Å²) in [6, 6.07) is 5.65. The molecule has 0 spiro atoms. The highest BCUT2D eigenvalue weighted by Crippen LogP contribution is 2.40. The van der Waals surface area contributed by atoms with Crippen LogP contribution in [-0.4, -0.2) is 29.5 Å². The third-order valence-corrected chi connectivity index (χ3v) is 6.14. The van der Waals surface area contributed by atoms with E-state index in [1.54, 1.807) is 38.1 Å². The van der Waals surface area contributed by atoms with Crippen molar-refractivity contribution >= 4 is 23.8 Å². The molecule has 1 atom stereocenters. The first-order valence-electron chi connectivity index (χ1n) is 11.9. The third-order valence-electron chi connectivity index (χ3n) is 6.14. The number of amides is 2. The SMILES string of the molecule is C=Cc1ccc2c(c1)N(C(=O)OC(C)C)CCCC2N(Cc1cc(C(F)(F)F)cc(C(F)(F)F)c1)C(C)=O. The average Bonchev–Trinajstić information content (AvgIpc) is 2.99. The van der Waals surface area contributed by atoms with Gasteiger partial charge in [0.15, 0.2) is 0 Å². The summed E-state index contributed by atoms with van der Waals surface area (Å²) >= 11 is 0. The topological polar surface area (TPSA) is 49.9 Å². The molecule has 0 bridgehead atoms. The number of alkyl halides is 6. The highest BCUT2D eigenvalue weighted by Gasteiger charge is 2.38. The standard InChI is InChI=1S/C27H28F6N2O3/c1-5-18-8-9-22-23(7-6-10-34(24(22)13-18)25(37)38-16(2)3)35(17(4)36)15-19-11-20(26(28,29)30)14-21(12-19)27(31,32)33/h5,8-9,11-14,16,23H,1,6-7,10,15H2,2-4H3. The zero-order valence-corrected chi connectivity index (χ0v) is 21.1. The maximum absolute atomic E-state index is 13.4. The van der Waals surface area contributed by atoms with Gasteiger partial charge < -0.3 is 9.64 Å². The van der Waals surface area contributed by atoms with Crippen LogP contribution in [0.3, 0.4) is 0 Å². The van der Waals surface area contributed by atoms with Crippen LogP contribution in [0, 0.1) is 0 Å². The molecule has 206 valence electrons. The van der Waals surface area contributed by atoms with Gasteiger partial charge in [0.1, 0.15) is 0 Å². The van der Waals surface area contributed by atoms with Gasteiger partial charge in [0.25, 0.3) is 0 Å². The molecule has 0 fully saturated rings. The molecule has 2 aromatic carbocycles. The predicted octanol–water partition coefficient (Wildman–Crippen LogP) is 7.60. The lowest BCUT2D eigenvalue weighted by Gasteiger charge is -2.32. The van der Waals surface area contributed by atoms with E-state index < -0.39 is 54.2 Å². The van der Waals surface area contributed by atoms with Crippen molar-refractivity contribution in [2.24, 2.45) is 0 Å². The lowest BCUT2D eigenvalue weighted by molar-refractivity contribution is -0.143. The van der Waals surface area contributed by atoms with E-state index in [0.717, 1.165) is 0 Å². The van der Waals surface area contributed by atoms with Gasteiger partial charge in [0.05, 0.1) is 29.0 Å². The highest BCUT2D eigenvalue weighted by molar-refractivity contribution is 5.90. The molecule has 0 N–H and O–H groups in total. The number of ether oxygens (including phenoxy) is 1. The summed E-state index contributed by atoms with van der Waals surface area (Å²) in [5.41, 5.74) is -1.59. The molecule has 1 aliphatic rings.